The van der Waals surface area contributed by atoms with Crippen LogP contribution in [0.4, 0.5) is 0 Å². The van der Waals surface area contributed by atoms with Gasteiger partial charge in [0, 0.05) is 48.2 Å². The maximum absolute atomic E-state index is 13.0. The Kier molecular flexibility index (Phi) is 3.94. The highest BCUT2D eigenvalue weighted by Crippen LogP contribution is 2.25. The van der Waals surface area contributed by atoms with Crippen molar-refractivity contribution in [1.82, 2.24) is 25.0 Å². The summed E-state index contributed by atoms with van der Waals surface area (Å²) in [5.74, 6) is -0.271. The fourth-order valence-electron chi connectivity index (χ4n) is 4.08. The molecule has 0 radical (unpaired) electrons. The molecule has 4 heterocycles. The number of para-hydroxylation sites is 1. The Morgan fingerprint density at radius 2 is 2.00 bits per heavy atom. The smallest absolute Gasteiger partial charge is 0.274 e. The van der Waals surface area contributed by atoms with Crippen LogP contribution < -0.4 is 0 Å². The van der Waals surface area contributed by atoms with E-state index in [4.69, 9.17) is 0 Å². The van der Waals surface area contributed by atoms with Gasteiger partial charge in [-0.3, -0.25) is 14.7 Å². The number of rotatable bonds is 2. The first-order valence-corrected chi connectivity index (χ1v) is 9.50. The van der Waals surface area contributed by atoms with Crippen molar-refractivity contribution in [3.8, 4) is 0 Å². The zero-order chi connectivity index (χ0) is 19.3. The molecule has 3 N–H and O–H groups in total. The Balaban J connectivity index is 1.39. The lowest BCUT2D eigenvalue weighted by atomic mass is 10.0. The van der Waals surface area contributed by atoms with Crippen molar-refractivity contribution < 1.29 is 14.7 Å². The average molecular weight is 379 g/mol. The van der Waals surface area contributed by atoms with Crippen molar-refractivity contribution in [2.45, 2.75) is 25.5 Å². The van der Waals surface area contributed by atoms with E-state index < -0.39 is 6.10 Å². The molecule has 1 fully saturated rings. The van der Waals surface area contributed by atoms with E-state index in [1.54, 1.807) is 9.80 Å². The van der Waals surface area contributed by atoms with Crippen LogP contribution in [0.15, 0.2) is 30.3 Å². The number of nitrogens with one attached hydrogen (secondary N) is 2. The summed E-state index contributed by atoms with van der Waals surface area (Å²) in [5, 5.41) is 17.9. The SMILES string of the molecule is O=C(c1cc2ccccc2[nH]1)N1CCc2[nH]nc(C(=O)N3CC[C@H](O)C3)c2C1. The van der Waals surface area contributed by atoms with Crippen LogP contribution in [-0.2, 0) is 13.0 Å². The van der Waals surface area contributed by atoms with Gasteiger partial charge in [0.1, 0.15) is 5.69 Å². The summed E-state index contributed by atoms with van der Waals surface area (Å²) in [6.07, 6.45) is 0.742. The Bertz CT molecular complexity index is 1040. The number of hydrogen-bond donors (Lipinski definition) is 3. The number of fused-ring (bicyclic) bond motifs is 2. The monoisotopic (exact) mass is 379 g/mol. The third-order valence-electron chi connectivity index (χ3n) is 5.63. The number of H-pyrrole nitrogens is 2. The quantitative estimate of drug-likeness (QED) is 0.624. The summed E-state index contributed by atoms with van der Waals surface area (Å²) in [4.78, 5) is 32.4. The van der Waals surface area contributed by atoms with E-state index in [9.17, 15) is 14.7 Å². The van der Waals surface area contributed by atoms with Gasteiger partial charge in [0.05, 0.1) is 12.6 Å². The molecule has 0 saturated carbocycles. The van der Waals surface area contributed by atoms with E-state index in [-0.39, 0.29) is 11.8 Å². The number of benzene rings is 1. The molecule has 3 aromatic rings. The number of carbonyl (C=O) groups excluding carboxylic acids is 2. The van der Waals surface area contributed by atoms with E-state index >= 15 is 0 Å². The Labute approximate surface area is 161 Å². The molecular formula is C20H21N5O3. The molecule has 2 aromatic heterocycles. The molecule has 2 aliphatic rings. The van der Waals surface area contributed by atoms with Gasteiger partial charge >= 0.3 is 0 Å². The number of hydrogen-bond acceptors (Lipinski definition) is 4. The van der Waals surface area contributed by atoms with E-state index in [1.165, 1.54) is 0 Å². The fraction of sp³-hybridized carbons (Fsp3) is 0.350. The van der Waals surface area contributed by atoms with Crippen LogP contribution in [0.5, 0.6) is 0 Å². The van der Waals surface area contributed by atoms with Crippen LogP contribution in [0, 0.1) is 0 Å². The van der Waals surface area contributed by atoms with Crippen LogP contribution in [0.3, 0.4) is 0 Å². The average Bonchev–Trinajstić information content (AvgIpc) is 3.43. The van der Waals surface area contributed by atoms with Crippen LogP contribution in [0.2, 0.25) is 0 Å². The number of likely N-dealkylation sites (tertiary alicyclic amines) is 1. The molecule has 5 rings (SSSR count). The molecule has 0 spiro atoms. The van der Waals surface area contributed by atoms with Gasteiger partial charge < -0.3 is 19.9 Å². The zero-order valence-electron chi connectivity index (χ0n) is 15.3. The minimum Gasteiger partial charge on any atom is -0.391 e. The van der Waals surface area contributed by atoms with Crippen LogP contribution in [0.1, 0.15) is 38.7 Å². The first kappa shape index (κ1) is 17.0. The second-order valence-electron chi connectivity index (χ2n) is 7.47. The van der Waals surface area contributed by atoms with Crippen LogP contribution >= 0.6 is 0 Å². The summed E-state index contributed by atoms with van der Waals surface area (Å²) in [6.45, 7) is 1.77. The number of nitrogens with zero attached hydrogens (tertiary/aromatic N) is 3. The van der Waals surface area contributed by atoms with Crippen LogP contribution in [0.25, 0.3) is 10.9 Å². The fourth-order valence-corrected chi connectivity index (χ4v) is 4.08. The molecular weight excluding hydrogens is 358 g/mol. The number of aliphatic hydroxyl groups excluding tert-OH is 1. The van der Waals surface area contributed by atoms with Crippen molar-refractivity contribution in [1.29, 1.82) is 0 Å². The topological polar surface area (TPSA) is 105 Å². The largest absolute Gasteiger partial charge is 0.391 e. The predicted octanol–water partition coefficient (Wildman–Crippen LogP) is 1.30. The normalized spacial score (nSPS) is 19.2. The molecule has 2 aliphatic heterocycles. The number of aromatic amines is 2. The highest BCUT2D eigenvalue weighted by molar-refractivity contribution is 5.98. The first-order valence-electron chi connectivity index (χ1n) is 9.50. The van der Waals surface area contributed by atoms with Crippen molar-refractivity contribution in [3.05, 3.63) is 53.0 Å². The number of amides is 2. The van der Waals surface area contributed by atoms with Crippen molar-refractivity contribution in [2.24, 2.45) is 0 Å². The minimum absolute atomic E-state index is 0.0851. The number of carbonyl (C=O) groups is 2. The third-order valence-corrected chi connectivity index (χ3v) is 5.63. The molecule has 1 aromatic carbocycles. The van der Waals surface area contributed by atoms with E-state index in [0.29, 0.717) is 50.4 Å². The zero-order valence-corrected chi connectivity index (χ0v) is 15.3. The third kappa shape index (κ3) is 2.77. The second-order valence-corrected chi connectivity index (χ2v) is 7.47. The lowest BCUT2D eigenvalue weighted by Gasteiger charge is -2.27. The van der Waals surface area contributed by atoms with Gasteiger partial charge in [-0.2, -0.15) is 5.10 Å². The lowest BCUT2D eigenvalue weighted by Crippen LogP contribution is -2.37. The summed E-state index contributed by atoms with van der Waals surface area (Å²) < 4.78 is 0. The Morgan fingerprint density at radius 1 is 1.14 bits per heavy atom. The maximum atomic E-state index is 13.0. The summed E-state index contributed by atoms with van der Waals surface area (Å²) >= 11 is 0. The van der Waals surface area contributed by atoms with E-state index in [1.807, 2.05) is 30.3 Å². The van der Waals surface area contributed by atoms with Crippen LogP contribution in [-0.4, -0.2) is 67.6 Å². The van der Waals surface area contributed by atoms with E-state index in [2.05, 4.69) is 15.2 Å². The molecule has 0 bridgehead atoms. The molecule has 0 unspecified atom stereocenters. The number of aliphatic hydroxyl groups is 1. The van der Waals surface area contributed by atoms with Crippen molar-refractivity contribution in [3.63, 3.8) is 0 Å². The molecule has 8 nitrogen and oxygen atoms in total. The maximum Gasteiger partial charge on any atom is 0.274 e. The Morgan fingerprint density at radius 3 is 2.79 bits per heavy atom. The van der Waals surface area contributed by atoms with Gasteiger partial charge in [-0.25, -0.2) is 0 Å². The Hall–Kier alpha value is -3.13. The highest BCUT2D eigenvalue weighted by Gasteiger charge is 2.33. The summed E-state index contributed by atoms with van der Waals surface area (Å²) in [5.41, 5.74) is 3.52. The molecule has 2 amide bonds. The predicted molar refractivity (Wildman–Crippen MR) is 102 cm³/mol. The summed E-state index contributed by atoms with van der Waals surface area (Å²) in [7, 11) is 0. The standard InChI is InChI=1S/C20H21N5O3/c26-13-5-7-24(10-13)20(28)18-14-11-25(8-6-16(14)22-23-18)19(27)17-9-12-3-1-2-4-15(12)21-17/h1-4,9,13,21,26H,5-8,10-11H2,(H,22,23)/t13-/m0/s1. The molecule has 1 saturated heterocycles. The molecule has 8 heteroatoms. The van der Waals surface area contributed by atoms with Crippen molar-refractivity contribution >= 4 is 22.7 Å². The molecule has 144 valence electrons. The van der Waals surface area contributed by atoms with Gasteiger partial charge in [0.15, 0.2) is 5.69 Å². The van der Waals surface area contributed by atoms with Gasteiger partial charge in [-0.05, 0) is 18.6 Å². The number of aromatic nitrogens is 3. The molecule has 1 atom stereocenters. The van der Waals surface area contributed by atoms with E-state index in [0.717, 1.165) is 22.2 Å². The minimum atomic E-state index is -0.473. The lowest BCUT2D eigenvalue weighted by molar-refractivity contribution is 0.0714. The van der Waals surface area contributed by atoms with Gasteiger partial charge in [-0.15, -0.1) is 0 Å². The highest BCUT2D eigenvalue weighted by atomic mass is 16.3. The first-order chi connectivity index (χ1) is 13.6. The summed E-state index contributed by atoms with van der Waals surface area (Å²) in [6, 6.07) is 9.64. The number of β-amino-alcohol motifs (C(OH)–C–C–N with tert-alkyl or cyclic N) is 1. The molecule has 28 heavy (non-hydrogen) atoms. The van der Waals surface area contributed by atoms with Gasteiger partial charge in [0.25, 0.3) is 11.8 Å². The van der Waals surface area contributed by atoms with Gasteiger partial charge in [-0.1, -0.05) is 18.2 Å². The van der Waals surface area contributed by atoms with Crippen molar-refractivity contribution in [2.75, 3.05) is 19.6 Å². The molecule has 0 aliphatic carbocycles. The second kappa shape index (κ2) is 6.49. The van der Waals surface area contributed by atoms with Gasteiger partial charge in [0.2, 0.25) is 0 Å².